The molecule has 0 aliphatic carbocycles. The molecule has 0 aromatic rings. The standard InChI is InChI=1S/2C2H6OS.4ClH.Rh/c2*1-4(2)3;;;;;/h2*1-2H3;4*1H;/q;;;;;;+4/p-4. The van der Waals surface area contributed by atoms with E-state index in [1.54, 1.807) is 25.0 Å². The maximum absolute atomic E-state index is 9.56. The molecule has 0 saturated carbocycles. The monoisotopic (exact) mass is 399 g/mol. The van der Waals surface area contributed by atoms with Crippen LogP contribution in [0.2, 0.25) is 0 Å². The molecule has 9 heteroatoms. The second-order valence-corrected chi connectivity index (χ2v) is 19.7. The molecule has 0 aliphatic heterocycles. The summed E-state index contributed by atoms with van der Waals surface area (Å²) in [6.07, 6.45) is 6.56. The molecule has 13 heavy (non-hydrogen) atoms. The van der Waals surface area contributed by atoms with Gasteiger partial charge in [-0.2, -0.15) is 0 Å². The van der Waals surface area contributed by atoms with E-state index < -0.39 is 32.4 Å². The van der Waals surface area contributed by atoms with Crippen LogP contribution in [-0.4, -0.2) is 33.4 Å². The van der Waals surface area contributed by atoms with Crippen LogP contribution in [0.25, 0.3) is 0 Å². The number of halogens is 4. The Hall–Kier alpha value is 2.08. The van der Waals surface area contributed by atoms with E-state index in [1.807, 2.05) is 0 Å². The van der Waals surface area contributed by atoms with E-state index >= 15 is 0 Å². The Kier molecular flexibility index (Phi) is 19.2. The van der Waals surface area contributed by atoms with Gasteiger partial charge in [0.25, 0.3) is 0 Å². The molecular weight excluding hydrogens is 389 g/mol. The molecule has 0 spiro atoms. The van der Waals surface area contributed by atoms with Gasteiger partial charge in [0.1, 0.15) is 0 Å². The SMILES string of the molecule is CS(C)=O.CS(C)=O.[Cl][Rh]([Cl])([Cl])[Cl]. The summed E-state index contributed by atoms with van der Waals surface area (Å²) in [7, 11) is 15.8. The zero-order valence-electron chi connectivity index (χ0n) is 7.48. The second-order valence-electron chi connectivity index (χ2n) is 1.77. The van der Waals surface area contributed by atoms with Crippen molar-refractivity contribution in [3.63, 3.8) is 0 Å². The van der Waals surface area contributed by atoms with E-state index in [0.29, 0.717) is 0 Å². The van der Waals surface area contributed by atoms with Crippen LogP contribution in [-0.2, 0) is 32.4 Å². The van der Waals surface area contributed by atoms with Crippen molar-refractivity contribution >= 4 is 60.4 Å². The number of hydrogen-bond donors (Lipinski definition) is 0. The van der Waals surface area contributed by atoms with Crippen molar-refractivity contribution in [1.82, 2.24) is 0 Å². The quantitative estimate of drug-likeness (QED) is 0.586. The fourth-order valence-corrected chi connectivity index (χ4v) is 0. The summed E-state index contributed by atoms with van der Waals surface area (Å²) in [5.41, 5.74) is 0. The molecule has 0 radical (unpaired) electrons. The van der Waals surface area contributed by atoms with E-state index in [-0.39, 0.29) is 0 Å². The molecule has 0 rings (SSSR count). The van der Waals surface area contributed by atoms with Crippen LogP contribution in [0.5, 0.6) is 0 Å². The van der Waals surface area contributed by atoms with Crippen LogP contribution in [0, 0.1) is 0 Å². The van der Waals surface area contributed by atoms with Crippen molar-refractivity contribution in [2.24, 2.45) is 0 Å². The molecule has 2 nitrogen and oxygen atoms in total. The van der Waals surface area contributed by atoms with E-state index in [1.165, 1.54) is 0 Å². The molecule has 0 saturated heterocycles. The molecule has 89 valence electrons. The van der Waals surface area contributed by atoms with Crippen molar-refractivity contribution in [2.45, 2.75) is 0 Å². The Morgan fingerprint density at radius 3 is 0.769 bits per heavy atom. The van der Waals surface area contributed by atoms with Gasteiger partial charge < -0.3 is 0 Å². The van der Waals surface area contributed by atoms with Gasteiger partial charge in [-0.25, -0.2) is 0 Å². The van der Waals surface area contributed by atoms with E-state index in [2.05, 4.69) is 0 Å². The first-order valence-electron chi connectivity index (χ1n) is 2.47. The van der Waals surface area contributed by atoms with Gasteiger partial charge in [0, 0.05) is 46.6 Å². The van der Waals surface area contributed by atoms with Gasteiger partial charge in [0.05, 0.1) is 0 Å². The molecule has 0 aromatic heterocycles. The molecular formula is C4H12Cl4O2RhS2. The first-order chi connectivity index (χ1) is 5.46. The minimum absolute atomic E-state index is 0.611. The first-order valence-corrected chi connectivity index (χ1v) is 14.8. The summed E-state index contributed by atoms with van der Waals surface area (Å²) in [6, 6.07) is 0. The molecule has 0 amide bonds. The van der Waals surface area contributed by atoms with Crippen molar-refractivity contribution in [1.29, 1.82) is 0 Å². The zero-order valence-corrected chi connectivity index (χ0v) is 13.8. The molecule has 0 N–H and O–H groups in total. The molecule has 0 fully saturated rings. The Balaban J connectivity index is -0.000000117. The minimum atomic E-state index is -2.89. The fourth-order valence-electron chi connectivity index (χ4n) is 0. The average molecular weight is 401 g/mol. The average Bonchev–Trinajstić information content (AvgIpc) is 1.50. The molecule has 0 heterocycles. The summed E-state index contributed by atoms with van der Waals surface area (Å²) in [6.45, 7) is 0. The van der Waals surface area contributed by atoms with Crippen LogP contribution < -0.4 is 0 Å². The van der Waals surface area contributed by atoms with Gasteiger partial charge in [-0.1, -0.05) is 0 Å². The normalized spacial score (nSPS) is 11.2. The van der Waals surface area contributed by atoms with Gasteiger partial charge >= 0.3 is 49.6 Å². The van der Waals surface area contributed by atoms with E-state index in [0.717, 1.165) is 0 Å². The fraction of sp³-hybridized carbons (Fsp3) is 1.00. The third-order valence-corrected chi connectivity index (χ3v) is 0. The van der Waals surface area contributed by atoms with Crippen molar-refractivity contribution in [2.75, 3.05) is 25.0 Å². The van der Waals surface area contributed by atoms with Crippen LogP contribution in [0.1, 0.15) is 0 Å². The van der Waals surface area contributed by atoms with Gasteiger partial charge in [-0.3, -0.25) is 8.42 Å². The summed E-state index contributed by atoms with van der Waals surface area (Å²) in [5.74, 6) is 0. The predicted octanol–water partition coefficient (Wildman–Crippen LogP) is 2.74. The van der Waals surface area contributed by atoms with Crippen molar-refractivity contribution in [3.8, 4) is 0 Å². The third kappa shape index (κ3) is 474. The molecule has 0 unspecified atom stereocenters. The third-order valence-electron chi connectivity index (χ3n) is 0. The number of hydrogen-bond acceptors (Lipinski definition) is 2. The molecule has 0 atom stereocenters. The molecule has 0 aliphatic rings. The van der Waals surface area contributed by atoms with Crippen molar-refractivity contribution < 1.29 is 19.2 Å². The Morgan fingerprint density at radius 2 is 0.769 bits per heavy atom. The Labute approximate surface area is 104 Å². The van der Waals surface area contributed by atoms with Gasteiger partial charge in [0.15, 0.2) is 0 Å². The zero-order chi connectivity index (χ0) is 11.7. The Morgan fingerprint density at radius 1 is 0.769 bits per heavy atom. The van der Waals surface area contributed by atoms with Gasteiger partial charge in [0.2, 0.25) is 0 Å². The second kappa shape index (κ2) is 12.2. The van der Waals surface area contributed by atoms with E-state index in [9.17, 15) is 8.42 Å². The molecule has 0 bridgehead atoms. The number of rotatable bonds is 0. The van der Waals surface area contributed by atoms with Crippen LogP contribution in [0.15, 0.2) is 0 Å². The topological polar surface area (TPSA) is 34.1 Å². The van der Waals surface area contributed by atoms with E-state index in [4.69, 9.17) is 38.8 Å². The van der Waals surface area contributed by atoms with Crippen LogP contribution in [0.4, 0.5) is 0 Å². The summed E-state index contributed by atoms with van der Waals surface area (Å²) in [4.78, 5) is 0. The molecule has 0 aromatic carbocycles. The van der Waals surface area contributed by atoms with Crippen LogP contribution >= 0.6 is 38.8 Å². The van der Waals surface area contributed by atoms with Gasteiger partial charge in [-0.05, 0) is 0 Å². The predicted molar refractivity (Wildman–Crippen MR) is 63.4 cm³/mol. The Bertz CT molecular complexity index is 135. The summed E-state index contributed by atoms with van der Waals surface area (Å²) < 4.78 is 19.1. The van der Waals surface area contributed by atoms with Crippen molar-refractivity contribution in [3.05, 3.63) is 0 Å². The first kappa shape index (κ1) is 20.5. The summed E-state index contributed by atoms with van der Waals surface area (Å²) in [5, 5.41) is 0. The summed E-state index contributed by atoms with van der Waals surface area (Å²) >= 11 is 0. The van der Waals surface area contributed by atoms with Crippen LogP contribution in [0.3, 0.4) is 0 Å². The van der Waals surface area contributed by atoms with Gasteiger partial charge in [-0.15, -0.1) is 0 Å². The maximum atomic E-state index is 9.56.